The molecule has 28 heavy (non-hydrogen) atoms. The molecule has 0 aliphatic rings. The van der Waals surface area contributed by atoms with Gasteiger partial charge < -0.3 is 9.47 Å². The van der Waals surface area contributed by atoms with Crippen LogP contribution in [0.5, 0.6) is 11.5 Å². The van der Waals surface area contributed by atoms with Crippen molar-refractivity contribution in [2.75, 3.05) is 14.2 Å². The summed E-state index contributed by atoms with van der Waals surface area (Å²) in [7, 11) is -1.09. The average Bonchev–Trinajstić information content (AvgIpc) is 2.74. The quantitative estimate of drug-likeness (QED) is 0.489. The number of hydrogen-bond acceptors (Lipinski definition) is 6. The number of rotatable bonds is 7. The van der Waals surface area contributed by atoms with E-state index in [4.69, 9.17) is 9.47 Å². The van der Waals surface area contributed by atoms with Crippen molar-refractivity contribution >= 4 is 15.7 Å². The van der Waals surface area contributed by atoms with Crippen LogP contribution in [0.15, 0.2) is 83.1 Å². The maximum atomic E-state index is 12.8. The van der Waals surface area contributed by atoms with Crippen molar-refractivity contribution in [1.29, 1.82) is 0 Å². The minimum atomic E-state index is -3.98. The topological polar surface area (TPSA) is 89.9 Å². The number of nitrogens with zero attached hydrogens (tertiary/aromatic N) is 2. The smallest absolute Gasteiger partial charge is 0.280 e. The Balaban J connectivity index is 2.01. The van der Waals surface area contributed by atoms with Crippen LogP contribution in [0, 0.1) is 0 Å². The highest BCUT2D eigenvalue weighted by Gasteiger charge is 2.20. The highest BCUT2D eigenvalue weighted by Crippen LogP contribution is 2.28. The molecular weight excluding hydrogens is 378 g/mol. The molecule has 0 aliphatic heterocycles. The third kappa shape index (κ3) is 4.29. The first-order valence-electron chi connectivity index (χ1n) is 8.32. The van der Waals surface area contributed by atoms with Crippen molar-refractivity contribution in [3.8, 4) is 11.5 Å². The Morgan fingerprint density at radius 1 is 0.964 bits per heavy atom. The molecule has 0 spiro atoms. The molecule has 0 bridgehead atoms. The van der Waals surface area contributed by atoms with Gasteiger partial charge in [0.15, 0.2) is 0 Å². The van der Waals surface area contributed by atoms with Gasteiger partial charge in [0.1, 0.15) is 22.1 Å². The SMILES string of the molecule is COc1ccc(S(=O)(=O)N/N=C(\c2ccccc2)c2cccnc2)c(OC)c1. The van der Waals surface area contributed by atoms with Crippen molar-refractivity contribution in [1.82, 2.24) is 9.82 Å². The van der Waals surface area contributed by atoms with E-state index < -0.39 is 10.0 Å². The van der Waals surface area contributed by atoms with Crippen LogP contribution in [0.2, 0.25) is 0 Å². The largest absolute Gasteiger partial charge is 0.497 e. The van der Waals surface area contributed by atoms with Crippen LogP contribution >= 0.6 is 0 Å². The van der Waals surface area contributed by atoms with Crippen LogP contribution in [0.1, 0.15) is 11.1 Å². The third-order valence-electron chi connectivity index (χ3n) is 3.92. The minimum absolute atomic E-state index is 0.0434. The Morgan fingerprint density at radius 2 is 1.71 bits per heavy atom. The lowest BCUT2D eigenvalue weighted by Gasteiger charge is -2.12. The number of nitrogens with one attached hydrogen (secondary N) is 1. The van der Waals surface area contributed by atoms with Crippen molar-refractivity contribution in [2.24, 2.45) is 5.10 Å². The predicted octanol–water partition coefficient (Wildman–Crippen LogP) is 2.83. The summed E-state index contributed by atoms with van der Waals surface area (Å²) < 4.78 is 35.9. The lowest BCUT2D eigenvalue weighted by atomic mass is 10.0. The highest BCUT2D eigenvalue weighted by molar-refractivity contribution is 7.89. The zero-order valence-electron chi connectivity index (χ0n) is 15.4. The standard InChI is InChI=1S/C20H19N3O4S/c1-26-17-10-11-19(18(13-17)27-2)28(24,25)23-22-20(15-7-4-3-5-8-15)16-9-6-12-21-14-16/h3-14,23H,1-2H3/b22-20+. The Kier molecular flexibility index (Phi) is 5.90. The molecule has 0 atom stereocenters. The van der Waals surface area contributed by atoms with Crippen LogP contribution in [-0.2, 0) is 10.0 Å². The molecule has 8 heteroatoms. The van der Waals surface area contributed by atoms with Crippen molar-refractivity contribution in [3.05, 3.63) is 84.2 Å². The Labute approximate surface area is 163 Å². The molecule has 0 aliphatic carbocycles. The molecule has 0 saturated heterocycles. The lowest BCUT2D eigenvalue weighted by Crippen LogP contribution is -2.21. The first-order valence-corrected chi connectivity index (χ1v) is 9.81. The predicted molar refractivity (Wildman–Crippen MR) is 106 cm³/mol. The second-order valence-corrected chi connectivity index (χ2v) is 7.31. The van der Waals surface area contributed by atoms with Crippen molar-refractivity contribution < 1.29 is 17.9 Å². The van der Waals surface area contributed by atoms with Gasteiger partial charge in [-0.3, -0.25) is 4.98 Å². The molecule has 0 unspecified atom stereocenters. The second kappa shape index (κ2) is 8.53. The molecule has 3 rings (SSSR count). The normalized spacial score (nSPS) is 11.7. The summed E-state index contributed by atoms with van der Waals surface area (Å²) >= 11 is 0. The molecule has 0 radical (unpaired) electrons. The summed E-state index contributed by atoms with van der Waals surface area (Å²) in [6, 6.07) is 17.3. The van der Waals surface area contributed by atoms with Gasteiger partial charge in [0.2, 0.25) is 0 Å². The zero-order valence-corrected chi connectivity index (χ0v) is 16.2. The molecule has 1 N–H and O–H groups in total. The molecule has 1 heterocycles. The fourth-order valence-corrected chi connectivity index (χ4v) is 3.51. The van der Waals surface area contributed by atoms with Crippen LogP contribution < -0.4 is 14.3 Å². The van der Waals surface area contributed by atoms with E-state index in [1.54, 1.807) is 30.6 Å². The van der Waals surface area contributed by atoms with Crippen LogP contribution in [-0.4, -0.2) is 33.3 Å². The summed E-state index contributed by atoms with van der Waals surface area (Å²) in [5.74, 6) is 0.643. The molecular formula is C20H19N3O4S. The number of aromatic nitrogens is 1. The van der Waals surface area contributed by atoms with Gasteiger partial charge >= 0.3 is 0 Å². The van der Waals surface area contributed by atoms with E-state index in [0.717, 1.165) is 5.56 Å². The van der Waals surface area contributed by atoms with Gasteiger partial charge in [-0.2, -0.15) is 18.4 Å². The average molecular weight is 397 g/mol. The summed E-state index contributed by atoms with van der Waals surface area (Å²) in [6.07, 6.45) is 3.26. The molecule has 0 saturated carbocycles. The Morgan fingerprint density at radius 3 is 2.36 bits per heavy atom. The Hall–Kier alpha value is -3.39. The Bertz CT molecular complexity index is 1030. The third-order valence-corrected chi connectivity index (χ3v) is 5.17. The fraction of sp³-hybridized carbons (Fsp3) is 0.100. The van der Waals surface area contributed by atoms with Crippen molar-refractivity contribution in [2.45, 2.75) is 4.90 Å². The minimum Gasteiger partial charge on any atom is -0.497 e. The number of ether oxygens (including phenoxy) is 2. The van der Waals surface area contributed by atoms with Crippen LogP contribution in [0.4, 0.5) is 0 Å². The first kappa shape index (κ1) is 19.4. The molecule has 1 aromatic heterocycles. The maximum absolute atomic E-state index is 12.8. The van der Waals surface area contributed by atoms with Gasteiger partial charge in [0.25, 0.3) is 10.0 Å². The fourth-order valence-electron chi connectivity index (χ4n) is 2.55. The van der Waals surface area contributed by atoms with Gasteiger partial charge in [-0.1, -0.05) is 30.3 Å². The lowest BCUT2D eigenvalue weighted by molar-refractivity contribution is 0.386. The van der Waals surface area contributed by atoms with Crippen LogP contribution in [0.25, 0.3) is 0 Å². The number of sulfonamides is 1. The summed E-state index contributed by atoms with van der Waals surface area (Å²) in [5, 5.41) is 4.18. The molecule has 0 fully saturated rings. The van der Waals surface area contributed by atoms with Gasteiger partial charge in [-0.25, -0.2) is 0 Å². The van der Waals surface area contributed by atoms with E-state index >= 15 is 0 Å². The maximum Gasteiger partial charge on any atom is 0.280 e. The molecule has 0 amide bonds. The van der Waals surface area contributed by atoms with E-state index in [-0.39, 0.29) is 10.6 Å². The van der Waals surface area contributed by atoms with E-state index in [1.807, 2.05) is 30.3 Å². The summed E-state index contributed by atoms with van der Waals surface area (Å²) in [6.45, 7) is 0. The molecule has 3 aromatic rings. The number of benzene rings is 2. The molecule has 7 nitrogen and oxygen atoms in total. The number of hydrogen-bond donors (Lipinski definition) is 1. The van der Waals surface area contributed by atoms with Crippen molar-refractivity contribution in [3.63, 3.8) is 0 Å². The zero-order chi connectivity index (χ0) is 20.0. The van der Waals surface area contributed by atoms with Gasteiger partial charge in [-0.05, 0) is 24.3 Å². The van der Waals surface area contributed by atoms with Gasteiger partial charge in [0, 0.05) is 29.6 Å². The van der Waals surface area contributed by atoms with Crippen LogP contribution in [0.3, 0.4) is 0 Å². The second-order valence-electron chi connectivity index (χ2n) is 5.68. The highest BCUT2D eigenvalue weighted by atomic mass is 32.2. The van der Waals surface area contributed by atoms with E-state index in [9.17, 15) is 8.42 Å². The number of hydrazone groups is 1. The first-order chi connectivity index (χ1) is 13.5. The van der Waals surface area contributed by atoms with Gasteiger partial charge in [-0.15, -0.1) is 0 Å². The molecule has 144 valence electrons. The van der Waals surface area contributed by atoms with E-state index in [2.05, 4.69) is 14.9 Å². The van der Waals surface area contributed by atoms with E-state index in [1.165, 1.54) is 26.4 Å². The van der Waals surface area contributed by atoms with Gasteiger partial charge in [0.05, 0.1) is 14.2 Å². The van der Waals surface area contributed by atoms with E-state index in [0.29, 0.717) is 17.0 Å². The number of pyridine rings is 1. The molecule has 2 aromatic carbocycles. The number of methoxy groups -OCH3 is 2. The monoisotopic (exact) mass is 397 g/mol. The summed E-state index contributed by atoms with van der Waals surface area (Å²) in [5.41, 5.74) is 1.88. The summed E-state index contributed by atoms with van der Waals surface area (Å²) in [4.78, 5) is 6.34.